The van der Waals surface area contributed by atoms with Crippen molar-refractivity contribution in [3.05, 3.63) is 29.3 Å². The van der Waals surface area contributed by atoms with E-state index in [1.807, 2.05) is 13.0 Å². The largest absolute Gasteiger partial charge is 0.355 e. The molecular weight excluding hydrogens is 302 g/mol. The van der Waals surface area contributed by atoms with Gasteiger partial charge >= 0.3 is 0 Å². The topological polar surface area (TPSA) is 84.2 Å². The third-order valence-electron chi connectivity index (χ3n) is 4.17. The Morgan fingerprint density at radius 2 is 2.05 bits per heavy atom. The molecule has 2 amide bonds. The van der Waals surface area contributed by atoms with Crippen LogP contribution in [0.2, 0.25) is 0 Å². The van der Waals surface area contributed by atoms with Crippen LogP contribution in [0.4, 0.5) is 5.69 Å². The minimum atomic E-state index is -0.164. The maximum atomic E-state index is 12.1. The van der Waals surface area contributed by atoms with E-state index in [1.165, 1.54) is 0 Å². The van der Waals surface area contributed by atoms with E-state index in [-0.39, 0.29) is 36.2 Å². The number of hydrogen-bond acceptors (Lipinski definition) is 3. The van der Waals surface area contributed by atoms with Gasteiger partial charge in [-0.15, -0.1) is 12.4 Å². The first-order valence-corrected chi connectivity index (χ1v) is 7.39. The van der Waals surface area contributed by atoms with Crippen LogP contribution in [0.5, 0.6) is 0 Å². The molecule has 1 fully saturated rings. The maximum absolute atomic E-state index is 12.1. The van der Waals surface area contributed by atoms with Crippen molar-refractivity contribution in [3.8, 4) is 0 Å². The zero-order valence-electron chi connectivity index (χ0n) is 13.0. The predicted octanol–water partition coefficient (Wildman–Crippen LogP) is 2.23. The number of halogens is 1. The summed E-state index contributed by atoms with van der Waals surface area (Å²) in [6.07, 6.45) is 3.57. The van der Waals surface area contributed by atoms with Gasteiger partial charge in [0, 0.05) is 30.8 Å². The molecular formula is C16H24ClN3O2. The van der Waals surface area contributed by atoms with E-state index in [2.05, 4.69) is 10.6 Å². The highest BCUT2D eigenvalue weighted by atomic mass is 35.5. The standard InChI is InChI=1S/C16H23N3O2.ClH/c1-10-6-7-12(16(21)18-2)8-14(10)19-15(20)9-11-4-3-5-13(11)17;/h6-8,11,13H,3-5,9,17H2,1-2H3,(H,18,21)(H,19,20);1H/t11-,13+;/m0./s1. The molecule has 0 heterocycles. The van der Waals surface area contributed by atoms with Gasteiger partial charge in [-0.2, -0.15) is 0 Å². The van der Waals surface area contributed by atoms with E-state index < -0.39 is 0 Å². The number of nitrogens with one attached hydrogen (secondary N) is 2. The molecule has 0 spiro atoms. The van der Waals surface area contributed by atoms with Crippen molar-refractivity contribution in [2.45, 2.75) is 38.6 Å². The van der Waals surface area contributed by atoms with E-state index in [1.54, 1.807) is 19.2 Å². The van der Waals surface area contributed by atoms with Gasteiger partial charge in [-0.3, -0.25) is 9.59 Å². The SMILES string of the molecule is CNC(=O)c1ccc(C)c(NC(=O)C[C@@H]2CCC[C@H]2N)c1.Cl. The van der Waals surface area contributed by atoms with Crippen molar-refractivity contribution in [3.63, 3.8) is 0 Å². The maximum Gasteiger partial charge on any atom is 0.251 e. The van der Waals surface area contributed by atoms with Crippen LogP contribution >= 0.6 is 12.4 Å². The Hall–Kier alpha value is -1.59. The first-order chi connectivity index (χ1) is 10.0. The van der Waals surface area contributed by atoms with Crippen molar-refractivity contribution in [2.75, 3.05) is 12.4 Å². The van der Waals surface area contributed by atoms with Crippen LogP contribution in [0, 0.1) is 12.8 Å². The van der Waals surface area contributed by atoms with Crippen molar-refractivity contribution in [1.29, 1.82) is 0 Å². The summed E-state index contributed by atoms with van der Waals surface area (Å²) in [6, 6.07) is 5.42. The van der Waals surface area contributed by atoms with E-state index in [0.717, 1.165) is 24.8 Å². The Kier molecular flexibility index (Phi) is 6.84. The Labute approximate surface area is 137 Å². The lowest BCUT2D eigenvalue weighted by molar-refractivity contribution is -0.117. The number of rotatable bonds is 4. The number of carbonyl (C=O) groups is 2. The summed E-state index contributed by atoms with van der Waals surface area (Å²) < 4.78 is 0. The highest BCUT2D eigenvalue weighted by molar-refractivity contribution is 5.97. The molecule has 122 valence electrons. The minimum absolute atomic E-state index is 0. The summed E-state index contributed by atoms with van der Waals surface area (Å²) in [5.41, 5.74) is 8.16. The lowest BCUT2D eigenvalue weighted by Crippen LogP contribution is -2.28. The van der Waals surface area contributed by atoms with Crippen molar-refractivity contribution < 1.29 is 9.59 Å². The first kappa shape index (κ1) is 18.5. The molecule has 22 heavy (non-hydrogen) atoms. The Balaban J connectivity index is 0.00000242. The summed E-state index contributed by atoms with van der Waals surface area (Å²) in [6.45, 7) is 1.91. The Morgan fingerprint density at radius 1 is 1.32 bits per heavy atom. The van der Waals surface area contributed by atoms with Gasteiger partial charge in [0.2, 0.25) is 5.91 Å². The molecule has 0 bridgehead atoms. The zero-order valence-corrected chi connectivity index (χ0v) is 13.8. The van der Waals surface area contributed by atoms with E-state index in [9.17, 15) is 9.59 Å². The lowest BCUT2D eigenvalue weighted by Gasteiger charge is -2.16. The number of aryl methyl sites for hydroxylation is 1. The minimum Gasteiger partial charge on any atom is -0.355 e. The van der Waals surface area contributed by atoms with E-state index >= 15 is 0 Å². The monoisotopic (exact) mass is 325 g/mol. The van der Waals surface area contributed by atoms with E-state index in [0.29, 0.717) is 17.7 Å². The van der Waals surface area contributed by atoms with Crippen LogP contribution in [0.1, 0.15) is 41.6 Å². The number of hydrogen-bond donors (Lipinski definition) is 3. The van der Waals surface area contributed by atoms with Crippen LogP contribution in [-0.2, 0) is 4.79 Å². The van der Waals surface area contributed by atoms with Crippen LogP contribution in [0.25, 0.3) is 0 Å². The predicted molar refractivity (Wildman–Crippen MR) is 90.4 cm³/mol. The molecule has 1 aliphatic carbocycles. The van der Waals surface area contributed by atoms with Gasteiger partial charge in [0.15, 0.2) is 0 Å². The fraction of sp³-hybridized carbons (Fsp3) is 0.500. The summed E-state index contributed by atoms with van der Waals surface area (Å²) in [5.74, 6) is 0.0743. The van der Waals surface area contributed by atoms with Crippen molar-refractivity contribution in [1.82, 2.24) is 5.32 Å². The van der Waals surface area contributed by atoms with Crippen LogP contribution < -0.4 is 16.4 Å². The second kappa shape index (κ2) is 8.15. The first-order valence-electron chi connectivity index (χ1n) is 7.39. The molecule has 1 aromatic rings. The molecule has 0 unspecified atom stereocenters. The number of carbonyl (C=O) groups excluding carboxylic acids is 2. The molecule has 5 nitrogen and oxygen atoms in total. The normalized spacial score (nSPS) is 20.1. The molecule has 0 saturated heterocycles. The number of nitrogens with two attached hydrogens (primary N) is 1. The molecule has 2 atom stereocenters. The summed E-state index contributed by atoms with van der Waals surface area (Å²) in [4.78, 5) is 23.8. The zero-order chi connectivity index (χ0) is 15.4. The second-order valence-electron chi connectivity index (χ2n) is 5.72. The average molecular weight is 326 g/mol. The van der Waals surface area contributed by atoms with Gasteiger partial charge in [-0.1, -0.05) is 12.5 Å². The quantitative estimate of drug-likeness (QED) is 0.793. The Morgan fingerprint density at radius 3 is 2.64 bits per heavy atom. The van der Waals surface area contributed by atoms with E-state index in [4.69, 9.17) is 5.73 Å². The summed E-state index contributed by atoms with van der Waals surface area (Å²) in [7, 11) is 1.59. The smallest absolute Gasteiger partial charge is 0.251 e. The van der Waals surface area contributed by atoms with Crippen molar-refractivity contribution >= 4 is 29.9 Å². The van der Waals surface area contributed by atoms with Crippen LogP contribution in [0.3, 0.4) is 0 Å². The number of benzene rings is 1. The van der Waals surface area contributed by atoms with Gasteiger partial charge < -0.3 is 16.4 Å². The Bertz CT molecular complexity index is 548. The highest BCUT2D eigenvalue weighted by Gasteiger charge is 2.26. The molecule has 2 rings (SSSR count). The van der Waals surface area contributed by atoms with Gasteiger partial charge in [0.1, 0.15) is 0 Å². The molecule has 4 N–H and O–H groups in total. The molecule has 1 saturated carbocycles. The van der Waals surface area contributed by atoms with Gasteiger partial charge in [0.05, 0.1) is 0 Å². The average Bonchev–Trinajstić information content (AvgIpc) is 2.85. The summed E-state index contributed by atoms with van der Waals surface area (Å²) in [5, 5.41) is 5.48. The molecule has 1 aliphatic rings. The van der Waals surface area contributed by atoms with Gasteiger partial charge in [-0.05, 0) is 43.4 Å². The fourth-order valence-electron chi connectivity index (χ4n) is 2.80. The van der Waals surface area contributed by atoms with Crippen molar-refractivity contribution in [2.24, 2.45) is 11.7 Å². The summed E-state index contributed by atoms with van der Waals surface area (Å²) >= 11 is 0. The lowest BCUT2D eigenvalue weighted by atomic mass is 9.99. The number of amides is 2. The van der Waals surface area contributed by atoms with Crippen LogP contribution in [-0.4, -0.2) is 24.9 Å². The molecule has 0 radical (unpaired) electrons. The third-order valence-corrected chi connectivity index (χ3v) is 4.17. The third kappa shape index (κ3) is 4.45. The van der Waals surface area contributed by atoms with Crippen LogP contribution in [0.15, 0.2) is 18.2 Å². The molecule has 0 aliphatic heterocycles. The van der Waals surface area contributed by atoms with Gasteiger partial charge in [-0.25, -0.2) is 0 Å². The molecule has 6 heteroatoms. The number of anilines is 1. The molecule has 0 aromatic heterocycles. The fourth-order valence-corrected chi connectivity index (χ4v) is 2.80. The highest BCUT2D eigenvalue weighted by Crippen LogP contribution is 2.27. The second-order valence-corrected chi connectivity index (χ2v) is 5.72. The van der Waals surface area contributed by atoms with Gasteiger partial charge in [0.25, 0.3) is 5.91 Å². The molecule has 1 aromatic carbocycles.